The third kappa shape index (κ3) is 2.04. The van der Waals surface area contributed by atoms with Crippen LogP contribution in [0.2, 0.25) is 0 Å². The maximum atomic E-state index is 10.6. The first-order chi connectivity index (χ1) is 4.30. The summed E-state index contributed by atoms with van der Waals surface area (Å²) < 4.78 is 15.7. The molecular weight excluding hydrogens is 138 g/mol. The van der Waals surface area contributed by atoms with Gasteiger partial charge in [-0.25, -0.2) is 4.21 Å². The molecule has 1 fully saturated rings. The van der Waals surface area contributed by atoms with Gasteiger partial charge in [-0.1, -0.05) is 0 Å². The molecule has 3 nitrogen and oxygen atoms in total. The fraction of sp³-hybridized carbons (Fsp3) is 1.00. The van der Waals surface area contributed by atoms with Crippen molar-refractivity contribution in [1.82, 2.24) is 0 Å². The quantitative estimate of drug-likeness (QED) is 0.560. The van der Waals surface area contributed by atoms with Crippen molar-refractivity contribution in [1.29, 1.82) is 0 Å². The zero-order valence-electron chi connectivity index (χ0n) is 5.21. The molecule has 1 atom stereocenters. The highest BCUT2D eigenvalue weighted by molar-refractivity contribution is 7.83. The monoisotopic (exact) mass is 149 g/mol. The fourth-order valence-electron chi connectivity index (χ4n) is 0.908. The van der Waals surface area contributed by atoms with Crippen molar-refractivity contribution in [3.05, 3.63) is 0 Å². The topological polar surface area (TPSA) is 52.3 Å². The SMILES string of the molecule is NS(=O)C1CCOCC1. The summed E-state index contributed by atoms with van der Waals surface area (Å²) >= 11 is 0. The van der Waals surface area contributed by atoms with Crippen LogP contribution in [0.5, 0.6) is 0 Å². The lowest BCUT2D eigenvalue weighted by molar-refractivity contribution is 0.0992. The lowest BCUT2D eigenvalue weighted by atomic mass is 10.2. The molecule has 0 aromatic carbocycles. The molecule has 0 spiro atoms. The summed E-state index contributed by atoms with van der Waals surface area (Å²) in [5, 5.41) is 5.36. The molecule has 0 aromatic heterocycles. The Hall–Kier alpha value is 0.0700. The van der Waals surface area contributed by atoms with Crippen molar-refractivity contribution in [2.24, 2.45) is 5.14 Å². The Morgan fingerprint density at radius 3 is 2.33 bits per heavy atom. The third-order valence-electron chi connectivity index (χ3n) is 1.50. The van der Waals surface area contributed by atoms with Gasteiger partial charge in [-0.15, -0.1) is 0 Å². The van der Waals surface area contributed by atoms with E-state index in [0.717, 1.165) is 12.8 Å². The minimum absolute atomic E-state index is 0.179. The van der Waals surface area contributed by atoms with Crippen molar-refractivity contribution in [3.8, 4) is 0 Å². The number of hydrogen-bond donors (Lipinski definition) is 1. The van der Waals surface area contributed by atoms with E-state index >= 15 is 0 Å². The maximum Gasteiger partial charge on any atom is 0.0921 e. The first kappa shape index (κ1) is 7.18. The molecule has 0 radical (unpaired) electrons. The van der Waals surface area contributed by atoms with E-state index in [0.29, 0.717) is 13.2 Å². The zero-order valence-corrected chi connectivity index (χ0v) is 6.02. The maximum absolute atomic E-state index is 10.6. The molecule has 0 aromatic rings. The molecule has 1 saturated heterocycles. The van der Waals surface area contributed by atoms with Gasteiger partial charge in [-0.2, -0.15) is 0 Å². The summed E-state index contributed by atoms with van der Waals surface area (Å²) in [6.45, 7) is 1.43. The molecular formula is C5H11NO2S. The van der Waals surface area contributed by atoms with E-state index in [2.05, 4.69) is 0 Å². The number of nitrogens with two attached hydrogens (primary N) is 1. The average Bonchev–Trinajstić information content (AvgIpc) is 1.90. The molecule has 0 bridgehead atoms. The van der Waals surface area contributed by atoms with E-state index in [4.69, 9.17) is 9.88 Å². The van der Waals surface area contributed by atoms with Crippen molar-refractivity contribution in [3.63, 3.8) is 0 Å². The van der Waals surface area contributed by atoms with Crippen LogP contribution in [0.1, 0.15) is 12.8 Å². The Balaban J connectivity index is 2.31. The van der Waals surface area contributed by atoms with Gasteiger partial charge in [0, 0.05) is 13.2 Å². The van der Waals surface area contributed by atoms with Crippen LogP contribution in [0.15, 0.2) is 0 Å². The highest BCUT2D eigenvalue weighted by Crippen LogP contribution is 2.09. The summed E-state index contributed by atoms with van der Waals surface area (Å²) in [7, 11) is -1.13. The summed E-state index contributed by atoms with van der Waals surface area (Å²) in [4.78, 5) is 0. The van der Waals surface area contributed by atoms with Gasteiger partial charge >= 0.3 is 0 Å². The van der Waals surface area contributed by atoms with Crippen LogP contribution in [0.3, 0.4) is 0 Å². The summed E-state index contributed by atoms with van der Waals surface area (Å²) in [6.07, 6.45) is 1.70. The molecule has 9 heavy (non-hydrogen) atoms. The number of ether oxygens (including phenoxy) is 1. The molecule has 2 N–H and O–H groups in total. The zero-order chi connectivity index (χ0) is 6.69. The fourth-order valence-corrected chi connectivity index (χ4v) is 1.57. The third-order valence-corrected chi connectivity index (χ3v) is 2.63. The van der Waals surface area contributed by atoms with E-state index in [1.165, 1.54) is 0 Å². The molecule has 54 valence electrons. The van der Waals surface area contributed by atoms with E-state index in [-0.39, 0.29) is 5.25 Å². The predicted octanol–water partition coefficient (Wildman–Crippen LogP) is -0.212. The average molecular weight is 149 g/mol. The standard InChI is InChI=1S/C5H11NO2S/c6-9(7)5-1-3-8-4-2-5/h5H,1-4,6H2. The Morgan fingerprint density at radius 1 is 1.44 bits per heavy atom. The molecule has 4 heteroatoms. The highest BCUT2D eigenvalue weighted by atomic mass is 32.2. The first-order valence-electron chi connectivity index (χ1n) is 3.03. The van der Waals surface area contributed by atoms with Crippen molar-refractivity contribution in [2.45, 2.75) is 18.1 Å². The number of hydrogen-bond acceptors (Lipinski definition) is 2. The predicted molar refractivity (Wildman–Crippen MR) is 36.2 cm³/mol. The van der Waals surface area contributed by atoms with E-state index < -0.39 is 11.0 Å². The Bertz CT molecular complexity index is 112. The van der Waals surface area contributed by atoms with Gasteiger partial charge in [-0.05, 0) is 12.8 Å². The van der Waals surface area contributed by atoms with Gasteiger partial charge in [0.25, 0.3) is 0 Å². The van der Waals surface area contributed by atoms with Crippen molar-refractivity contribution in [2.75, 3.05) is 13.2 Å². The molecule has 1 heterocycles. The van der Waals surface area contributed by atoms with Crippen LogP contribution >= 0.6 is 0 Å². The van der Waals surface area contributed by atoms with Gasteiger partial charge < -0.3 is 4.74 Å². The molecule has 0 saturated carbocycles. The molecule has 1 rings (SSSR count). The lowest BCUT2D eigenvalue weighted by Gasteiger charge is -2.18. The normalized spacial score (nSPS) is 25.9. The van der Waals surface area contributed by atoms with Crippen LogP contribution in [-0.4, -0.2) is 22.7 Å². The Kier molecular flexibility index (Phi) is 2.63. The lowest BCUT2D eigenvalue weighted by Crippen LogP contribution is -2.28. The van der Waals surface area contributed by atoms with E-state index in [1.54, 1.807) is 0 Å². The van der Waals surface area contributed by atoms with Crippen LogP contribution in [0, 0.1) is 0 Å². The molecule has 0 aliphatic carbocycles. The Labute approximate surface area is 57.2 Å². The van der Waals surface area contributed by atoms with Crippen molar-refractivity contribution >= 4 is 11.0 Å². The smallest absolute Gasteiger partial charge is 0.0921 e. The largest absolute Gasteiger partial charge is 0.381 e. The van der Waals surface area contributed by atoms with Crippen LogP contribution in [0.4, 0.5) is 0 Å². The molecule has 1 aliphatic heterocycles. The summed E-state index contributed by atoms with van der Waals surface area (Å²) in [6, 6.07) is 0. The summed E-state index contributed by atoms with van der Waals surface area (Å²) in [5.74, 6) is 0. The molecule has 1 unspecified atom stereocenters. The minimum atomic E-state index is -1.13. The van der Waals surface area contributed by atoms with Gasteiger partial charge in [0.2, 0.25) is 0 Å². The van der Waals surface area contributed by atoms with Gasteiger partial charge in [-0.3, -0.25) is 5.14 Å². The van der Waals surface area contributed by atoms with E-state index in [9.17, 15) is 4.21 Å². The van der Waals surface area contributed by atoms with Gasteiger partial charge in [0.1, 0.15) is 0 Å². The van der Waals surface area contributed by atoms with Crippen LogP contribution < -0.4 is 5.14 Å². The van der Waals surface area contributed by atoms with Gasteiger partial charge in [0.15, 0.2) is 0 Å². The highest BCUT2D eigenvalue weighted by Gasteiger charge is 2.16. The van der Waals surface area contributed by atoms with Crippen molar-refractivity contribution < 1.29 is 8.95 Å². The first-order valence-corrected chi connectivity index (χ1v) is 4.31. The number of rotatable bonds is 1. The second-order valence-electron chi connectivity index (χ2n) is 2.14. The van der Waals surface area contributed by atoms with Crippen LogP contribution in [-0.2, 0) is 15.7 Å². The Morgan fingerprint density at radius 2 is 2.00 bits per heavy atom. The van der Waals surface area contributed by atoms with E-state index in [1.807, 2.05) is 0 Å². The molecule has 0 amide bonds. The van der Waals surface area contributed by atoms with Gasteiger partial charge in [0.05, 0.1) is 16.2 Å². The van der Waals surface area contributed by atoms with Crippen LogP contribution in [0.25, 0.3) is 0 Å². The second kappa shape index (κ2) is 3.29. The minimum Gasteiger partial charge on any atom is -0.381 e. The molecule has 1 aliphatic rings. The second-order valence-corrected chi connectivity index (χ2v) is 3.46. The summed E-state index contributed by atoms with van der Waals surface area (Å²) in [5.41, 5.74) is 0.